The lowest BCUT2D eigenvalue weighted by Gasteiger charge is -2.31. The van der Waals surface area contributed by atoms with Crippen LogP contribution in [0.4, 0.5) is 0 Å². The van der Waals surface area contributed by atoms with Crippen LogP contribution in [0.1, 0.15) is 37.2 Å². The Kier molecular flexibility index (Phi) is 4.94. The van der Waals surface area contributed by atoms with Gasteiger partial charge in [0, 0.05) is 38.2 Å². The molecule has 0 unspecified atom stereocenters. The summed E-state index contributed by atoms with van der Waals surface area (Å²) < 4.78 is 8.90. The van der Waals surface area contributed by atoms with E-state index in [0.29, 0.717) is 12.4 Å². The van der Waals surface area contributed by atoms with Gasteiger partial charge in [0.15, 0.2) is 0 Å². The van der Waals surface area contributed by atoms with Crippen LogP contribution in [0.3, 0.4) is 0 Å². The van der Waals surface area contributed by atoms with Crippen LogP contribution in [0.25, 0.3) is 11.5 Å². The lowest BCUT2D eigenvalue weighted by atomic mass is 9.97. The largest absolute Gasteiger partial charge is 0.444 e. The van der Waals surface area contributed by atoms with Gasteiger partial charge in [0.2, 0.25) is 5.89 Å². The van der Waals surface area contributed by atoms with Gasteiger partial charge in [-0.3, -0.25) is 9.47 Å². The molecule has 7 nitrogen and oxygen atoms in total. The number of hydrogen-bond donors (Lipinski definition) is 0. The Morgan fingerprint density at radius 3 is 2.85 bits per heavy atom. The Hall–Kier alpha value is -2.67. The predicted molar refractivity (Wildman–Crippen MR) is 102 cm³/mol. The zero-order chi connectivity index (χ0) is 18.8. The van der Waals surface area contributed by atoms with Crippen molar-refractivity contribution in [1.82, 2.24) is 24.2 Å². The van der Waals surface area contributed by atoms with E-state index in [0.717, 1.165) is 49.6 Å². The van der Waals surface area contributed by atoms with E-state index >= 15 is 0 Å². The molecule has 4 rings (SSSR count). The van der Waals surface area contributed by atoms with Gasteiger partial charge in [-0.1, -0.05) is 18.2 Å². The van der Waals surface area contributed by atoms with Crippen molar-refractivity contribution in [3.05, 3.63) is 58.6 Å². The van der Waals surface area contributed by atoms with E-state index in [4.69, 9.17) is 4.42 Å². The van der Waals surface area contributed by atoms with E-state index in [-0.39, 0.29) is 11.6 Å². The number of piperidine rings is 1. The van der Waals surface area contributed by atoms with Gasteiger partial charge in [0.1, 0.15) is 12.1 Å². The summed E-state index contributed by atoms with van der Waals surface area (Å²) >= 11 is 0. The lowest BCUT2D eigenvalue weighted by molar-refractivity contribution is 0.192. The molecule has 7 heteroatoms. The lowest BCUT2D eigenvalue weighted by Crippen LogP contribution is -2.35. The number of rotatable bonds is 5. The van der Waals surface area contributed by atoms with E-state index < -0.39 is 0 Å². The summed E-state index contributed by atoms with van der Waals surface area (Å²) in [5, 5.41) is 4.50. The predicted octanol–water partition coefficient (Wildman–Crippen LogP) is 2.64. The third-order valence-corrected chi connectivity index (χ3v) is 5.18. The minimum Gasteiger partial charge on any atom is -0.444 e. The molecule has 142 valence electrons. The highest BCUT2D eigenvalue weighted by Gasteiger charge is 2.27. The van der Waals surface area contributed by atoms with E-state index in [9.17, 15) is 4.79 Å². The standard InChI is InChI=1S/C20H25N5O2/c1-3-25-18(22-23(2)20(25)26)16-10-7-11-24(12-16)13-17-14-27-19(21-17)15-8-5-4-6-9-15/h4-6,8-9,14,16H,3,7,10-13H2,1-2H3/t16-/m0/s1. The average molecular weight is 367 g/mol. The molecule has 0 radical (unpaired) electrons. The van der Waals surface area contributed by atoms with Crippen molar-refractivity contribution >= 4 is 0 Å². The molecule has 0 aliphatic carbocycles. The van der Waals surface area contributed by atoms with Gasteiger partial charge in [0.25, 0.3) is 0 Å². The quantitative estimate of drug-likeness (QED) is 0.693. The van der Waals surface area contributed by atoms with Gasteiger partial charge >= 0.3 is 5.69 Å². The molecule has 3 aromatic rings. The summed E-state index contributed by atoms with van der Waals surface area (Å²) in [5.74, 6) is 1.83. The average Bonchev–Trinajstić information content (AvgIpc) is 3.27. The minimum absolute atomic E-state index is 0.0337. The number of likely N-dealkylation sites (tertiary alicyclic amines) is 1. The van der Waals surface area contributed by atoms with Crippen LogP contribution in [0.5, 0.6) is 0 Å². The van der Waals surface area contributed by atoms with Gasteiger partial charge in [0.05, 0.1) is 5.69 Å². The molecular formula is C20H25N5O2. The Morgan fingerprint density at radius 2 is 2.07 bits per heavy atom. The monoisotopic (exact) mass is 367 g/mol. The summed E-state index contributed by atoms with van der Waals surface area (Å²) in [6, 6.07) is 9.94. The van der Waals surface area contributed by atoms with Crippen LogP contribution in [-0.2, 0) is 20.1 Å². The molecule has 0 saturated carbocycles. The summed E-state index contributed by atoms with van der Waals surface area (Å²) in [5.41, 5.74) is 1.89. The second-order valence-electron chi connectivity index (χ2n) is 7.09. The van der Waals surface area contributed by atoms with E-state index in [2.05, 4.69) is 15.0 Å². The van der Waals surface area contributed by atoms with Crippen LogP contribution in [0, 0.1) is 0 Å². The maximum Gasteiger partial charge on any atom is 0.345 e. The maximum absolute atomic E-state index is 12.2. The highest BCUT2D eigenvalue weighted by molar-refractivity contribution is 5.52. The van der Waals surface area contributed by atoms with Gasteiger partial charge in [-0.2, -0.15) is 5.10 Å². The summed E-state index contributed by atoms with van der Waals surface area (Å²) in [6.07, 6.45) is 3.89. The molecular weight excluding hydrogens is 342 g/mol. The van der Waals surface area contributed by atoms with Gasteiger partial charge < -0.3 is 4.42 Å². The van der Waals surface area contributed by atoms with Crippen molar-refractivity contribution in [3.8, 4) is 11.5 Å². The normalized spacial score (nSPS) is 18.1. The number of aryl methyl sites for hydroxylation is 1. The van der Waals surface area contributed by atoms with Crippen molar-refractivity contribution in [3.63, 3.8) is 0 Å². The second-order valence-corrected chi connectivity index (χ2v) is 7.09. The fraction of sp³-hybridized carbons (Fsp3) is 0.450. The fourth-order valence-corrected chi connectivity index (χ4v) is 3.85. The third-order valence-electron chi connectivity index (χ3n) is 5.18. The number of hydrogen-bond acceptors (Lipinski definition) is 5. The number of nitrogens with zero attached hydrogens (tertiary/aromatic N) is 5. The first-order chi connectivity index (χ1) is 13.2. The van der Waals surface area contributed by atoms with E-state index in [1.807, 2.05) is 37.3 Å². The summed E-state index contributed by atoms with van der Waals surface area (Å²) in [7, 11) is 1.72. The Labute approximate surface area is 158 Å². The molecule has 0 amide bonds. The van der Waals surface area contributed by atoms with Crippen molar-refractivity contribution in [1.29, 1.82) is 0 Å². The van der Waals surface area contributed by atoms with Gasteiger partial charge in [-0.15, -0.1) is 0 Å². The van der Waals surface area contributed by atoms with Crippen LogP contribution >= 0.6 is 0 Å². The van der Waals surface area contributed by atoms with Gasteiger partial charge in [-0.05, 0) is 38.4 Å². The zero-order valence-corrected chi connectivity index (χ0v) is 15.8. The van der Waals surface area contributed by atoms with Crippen molar-refractivity contribution in [2.24, 2.45) is 7.05 Å². The third kappa shape index (κ3) is 3.60. The molecule has 1 aromatic carbocycles. The highest BCUT2D eigenvalue weighted by Crippen LogP contribution is 2.26. The van der Waals surface area contributed by atoms with Crippen LogP contribution in [0.2, 0.25) is 0 Å². The molecule has 1 aliphatic heterocycles. The Morgan fingerprint density at radius 1 is 1.26 bits per heavy atom. The first-order valence-electron chi connectivity index (χ1n) is 9.51. The Balaban J connectivity index is 1.47. The SMILES string of the molecule is CCn1c([C@H]2CCCN(Cc3coc(-c4ccccc4)n3)C2)nn(C)c1=O. The molecule has 27 heavy (non-hydrogen) atoms. The van der Waals surface area contributed by atoms with Crippen molar-refractivity contribution in [2.45, 2.75) is 38.8 Å². The molecule has 1 aliphatic rings. The van der Waals surface area contributed by atoms with Crippen LogP contribution < -0.4 is 5.69 Å². The molecule has 1 fully saturated rings. The van der Waals surface area contributed by atoms with Crippen molar-refractivity contribution in [2.75, 3.05) is 13.1 Å². The minimum atomic E-state index is -0.0337. The molecule has 0 spiro atoms. The molecule has 2 aromatic heterocycles. The smallest absolute Gasteiger partial charge is 0.345 e. The maximum atomic E-state index is 12.2. The number of benzene rings is 1. The zero-order valence-electron chi connectivity index (χ0n) is 15.8. The topological polar surface area (TPSA) is 69.1 Å². The highest BCUT2D eigenvalue weighted by atomic mass is 16.3. The van der Waals surface area contributed by atoms with Gasteiger partial charge in [-0.25, -0.2) is 14.5 Å². The first-order valence-corrected chi connectivity index (χ1v) is 9.51. The van der Waals surface area contributed by atoms with E-state index in [1.54, 1.807) is 17.9 Å². The summed E-state index contributed by atoms with van der Waals surface area (Å²) in [4.78, 5) is 19.2. The van der Waals surface area contributed by atoms with Crippen LogP contribution in [-0.4, -0.2) is 37.3 Å². The number of aromatic nitrogens is 4. The fourth-order valence-electron chi connectivity index (χ4n) is 3.85. The molecule has 0 N–H and O–H groups in total. The van der Waals surface area contributed by atoms with Crippen molar-refractivity contribution < 1.29 is 4.42 Å². The van der Waals surface area contributed by atoms with E-state index in [1.165, 1.54) is 4.68 Å². The molecule has 3 heterocycles. The molecule has 1 atom stereocenters. The summed E-state index contributed by atoms with van der Waals surface area (Å²) in [6.45, 7) is 5.29. The molecule has 1 saturated heterocycles. The van der Waals surface area contributed by atoms with Crippen LogP contribution in [0.15, 0.2) is 45.8 Å². The Bertz CT molecular complexity index is 956. The second kappa shape index (κ2) is 7.52. The first kappa shape index (κ1) is 17.7. The molecule has 0 bridgehead atoms. The number of oxazole rings is 1.